The van der Waals surface area contributed by atoms with E-state index in [1.54, 1.807) is 7.05 Å². The summed E-state index contributed by atoms with van der Waals surface area (Å²) in [5, 5.41) is 10.8. The Kier molecular flexibility index (Phi) is 8.18. The Labute approximate surface area is 126 Å². The number of hydrogen-bond acceptors (Lipinski definition) is 4. The smallest absolute Gasteiger partial charge is 0.191 e. The molecule has 0 aliphatic rings. The summed E-state index contributed by atoms with van der Waals surface area (Å²) in [5.41, 5.74) is 2.20. The molecule has 1 heterocycles. The van der Waals surface area contributed by atoms with Gasteiger partial charge < -0.3 is 15.2 Å². The van der Waals surface area contributed by atoms with Crippen LogP contribution in [0.4, 0.5) is 0 Å². The summed E-state index contributed by atoms with van der Waals surface area (Å²) in [4.78, 5) is 4.23. The van der Waals surface area contributed by atoms with Gasteiger partial charge in [-0.15, -0.1) is 0 Å². The Morgan fingerprint density at radius 3 is 2.70 bits per heavy atom. The highest BCUT2D eigenvalue weighted by Crippen LogP contribution is 2.15. The molecule has 0 unspecified atom stereocenters. The van der Waals surface area contributed by atoms with Gasteiger partial charge >= 0.3 is 0 Å². The zero-order valence-electron chi connectivity index (χ0n) is 13.0. The topological polar surface area (TPSA) is 62.5 Å². The predicted molar refractivity (Wildman–Crippen MR) is 86.5 cm³/mol. The molecule has 0 amide bonds. The molecule has 0 bridgehead atoms. The number of aryl methyl sites for hydroxylation is 2. The molecule has 0 atom stereocenters. The van der Waals surface area contributed by atoms with Crippen molar-refractivity contribution in [1.29, 1.82) is 0 Å². The fourth-order valence-corrected chi connectivity index (χ4v) is 2.39. The van der Waals surface area contributed by atoms with Gasteiger partial charge in [-0.05, 0) is 24.9 Å². The molecule has 0 spiro atoms. The molecule has 0 saturated carbocycles. The first-order valence-corrected chi connectivity index (χ1v) is 8.55. The van der Waals surface area contributed by atoms with Gasteiger partial charge in [0.05, 0.1) is 5.69 Å². The van der Waals surface area contributed by atoms with Gasteiger partial charge in [-0.2, -0.15) is 11.8 Å². The van der Waals surface area contributed by atoms with Crippen molar-refractivity contribution in [1.82, 2.24) is 15.8 Å². The van der Waals surface area contributed by atoms with Gasteiger partial charge in [-0.3, -0.25) is 4.99 Å². The number of aromatic nitrogens is 1. The first-order chi connectivity index (χ1) is 9.76. The van der Waals surface area contributed by atoms with Crippen molar-refractivity contribution in [2.75, 3.05) is 25.6 Å². The van der Waals surface area contributed by atoms with Crippen molar-refractivity contribution < 1.29 is 4.52 Å². The zero-order chi connectivity index (χ0) is 14.8. The SMILES string of the molecule is CCc1noc(CC)c1CNC(=NC)NCCCSC. The summed E-state index contributed by atoms with van der Waals surface area (Å²) in [7, 11) is 1.79. The van der Waals surface area contributed by atoms with Crippen molar-refractivity contribution in [3.63, 3.8) is 0 Å². The molecule has 2 N–H and O–H groups in total. The van der Waals surface area contributed by atoms with Crippen LogP contribution in [0.1, 0.15) is 37.3 Å². The van der Waals surface area contributed by atoms with Crippen molar-refractivity contribution >= 4 is 17.7 Å². The average Bonchev–Trinajstić information content (AvgIpc) is 2.88. The van der Waals surface area contributed by atoms with Gasteiger partial charge in [0.15, 0.2) is 5.96 Å². The summed E-state index contributed by atoms with van der Waals surface area (Å²) in [6.07, 6.45) is 5.01. The van der Waals surface area contributed by atoms with E-state index < -0.39 is 0 Å². The highest BCUT2D eigenvalue weighted by molar-refractivity contribution is 7.98. The number of rotatable bonds is 8. The fraction of sp³-hybridized carbons (Fsp3) is 0.714. The van der Waals surface area contributed by atoms with E-state index in [1.165, 1.54) is 5.56 Å². The molecule has 6 heteroatoms. The number of nitrogens with one attached hydrogen (secondary N) is 2. The maximum atomic E-state index is 5.36. The second-order valence-electron chi connectivity index (χ2n) is 4.44. The third-order valence-electron chi connectivity index (χ3n) is 3.08. The van der Waals surface area contributed by atoms with Gasteiger partial charge in [0.2, 0.25) is 0 Å². The van der Waals surface area contributed by atoms with E-state index in [4.69, 9.17) is 4.52 Å². The Balaban J connectivity index is 2.50. The lowest BCUT2D eigenvalue weighted by Gasteiger charge is -2.11. The lowest BCUT2D eigenvalue weighted by Crippen LogP contribution is -2.37. The quantitative estimate of drug-likeness (QED) is 0.438. The second kappa shape index (κ2) is 9.69. The summed E-state index contributed by atoms with van der Waals surface area (Å²) in [5.74, 6) is 2.96. The van der Waals surface area contributed by atoms with E-state index in [1.807, 2.05) is 11.8 Å². The van der Waals surface area contributed by atoms with E-state index in [9.17, 15) is 0 Å². The van der Waals surface area contributed by atoms with Crippen molar-refractivity contribution in [2.45, 2.75) is 39.7 Å². The molecular weight excluding hydrogens is 272 g/mol. The molecule has 20 heavy (non-hydrogen) atoms. The molecule has 0 aliphatic heterocycles. The monoisotopic (exact) mass is 298 g/mol. The minimum absolute atomic E-state index is 0.706. The standard InChI is InChI=1S/C14H26N4OS/c1-5-12-11(13(6-2)19-18-12)10-17-14(15-3)16-8-7-9-20-4/h5-10H2,1-4H3,(H2,15,16,17). The zero-order valence-corrected chi connectivity index (χ0v) is 13.8. The number of guanidine groups is 1. The van der Waals surface area contributed by atoms with Crippen LogP contribution in [0.3, 0.4) is 0 Å². The largest absolute Gasteiger partial charge is 0.361 e. The third kappa shape index (κ3) is 5.07. The molecular formula is C14H26N4OS. The minimum Gasteiger partial charge on any atom is -0.361 e. The molecule has 114 valence electrons. The Morgan fingerprint density at radius 2 is 2.10 bits per heavy atom. The van der Waals surface area contributed by atoms with Crippen LogP contribution in [0.5, 0.6) is 0 Å². The predicted octanol–water partition coefficient (Wildman–Crippen LogP) is 2.22. The number of thioether (sulfide) groups is 1. The van der Waals surface area contributed by atoms with Crippen LogP contribution in [-0.2, 0) is 19.4 Å². The van der Waals surface area contributed by atoms with E-state index in [0.717, 1.165) is 49.0 Å². The lowest BCUT2D eigenvalue weighted by atomic mass is 10.1. The molecule has 1 rings (SSSR count). The van der Waals surface area contributed by atoms with Crippen LogP contribution in [0, 0.1) is 0 Å². The van der Waals surface area contributed by atoms with E-state index in [-0.39, 0.29) is 0 Å². The Morgan fingerprint density at radius 1 is 1.30 bits per heavy atom. The number of nitrogens with zero attached hydrogens (tertiary/aromatic N) is 2. The van der Waals surface area contributed by atoms with Crippen LogP contribution < -0.4 is 10.6 Å². The summed E-state index contributed by atoms with van der Waals surface area (Å²) in [6.45, 7) is 5.82. The van der Waals surface area contributed by atoms with Gasteiger partial charge in [0.1, 0.15) is 5.76 Å². The number of hydrogen-bond donors (Lipinski definition) is 2. The second-order valence-corrected chi connectivity index (χ2v) is 5.42. The molecule has 0 aliphatic carbocycles. The maximum absolute atomic E-state index is 5.36. The Bertz CT molecular complexity index is 396. The summed E-state index contributed by atoms with van der Waals surface area (Å²) in [6, 6.07) is 0. The molecule has 1 aromatic rings. The molecule has 1 aromatic heterocycles. The molecule has 0 radical (unpaired) electrons. The third-order valence-corrected chi connectivity index (χ3v) is 3.78. The maximum Gasteiger partial charge on any atom is 0.191 e. The van der Waals surface area contributed by atoms with E-state index in [2.05, 4.69) is 40.9 Å². The van der Waals surface area contributed by atoms with Crippen molar-refractivity contribution in [3.8, 4) is 0 Å². The van der Waals surface area contributed by atoms with Crippen molar-refractivity contribution in [2.24, 2.45) is 4.99 Å². The van der Waals surface area contributed by atoms with Crippen LogP contribution in [0.15, 0.2) is 9.52 Å². The van der Waals surface area contributed by atoms with E-state index in [0.29, 0.717) is 6.54 Å². The highest BCUT2D eigenvalue weighted by atomic mass is 32.2. The fourth-order valence-electron chi connectivity index (χ4n) is 1.95. The van der Waals surface area contributed by atoms with Gasteiger partial charge in [-0.25, -0.2) is 0 Å². The van der Waals surface area contributed by atoms with Crippen LogP contribution in [0.25, 0.3) is 0 Å². The molecule has 0 fully saturated rings. The van der Waals surface area contributed by atoms with Gasteiger partial charge in [0, 0.05) is 32.1 Å². The Hall–Kier alpha value is -1.17. The molecule has 0 aromatic carbocycles. The minimum atomic E-state index is 0.706. The number of aliphatic imine (C=N–C) groups is 1. The van der Waals surface area contributed by atoms with Crippen molar-refractivity contribution in [3.05, 3.63) is 17.0 Å². The van der Waals surface area contributed by atoms with Crippen LogP contribution in [0.2, 0.25) is 0 Å². The highest BCUT2D eigenvalue weighted by Gasteiger charge is 2.13. The van der Waals surface area contributed by atoms with Crippen LogP contribution >= 0.6 is 11.8 Å². The lowest BCUT2D eigenvalue weighted by molar-refractivity contribution is 0.380. The van der Waals surface area contributed by atoms with Gasteiger partial charge in [0.25, 0.3) is 0 Å². The summed E-state index contributed by atoms with van der Waals surface area (Å²) >= 11 is 1.86. The van der Waals surface area contributed by atoms with E-state index >= 15 is 0 Å². The first-order valence-electron chi connectivity index (χ1n) is 7.16. The van der Waals surface area contributed by atoms with Crippen LogP contribution in [-0.4, -0.2) is 36.7 Å². The first kappa shape index (κ1) is 16.9. The normalized spacial score (nSPS) is 11.7. The van der Waals surface area contributed by atoms with Gasteiger partial charge in [-0.1, -0.05) is 19.0 Å². The molecule has 0 saturated heterocycles. The average molecular weight is 298 g/mol. The molecule has 5 nitrogen and oxygen atoms in total. The summed E-state index contributed by atoms with van der Waals surface area (Å²) < 4.78 is 5.36.